The first-order valence-corrected chi connectivity index (χ1v) is 7.45. The minimum absolute atomic E-state index is 0.104. The van der Waals surface area contributed by atoms with E-state index in [4.69, 9.17) is 5.26 Å². The van der Waals surface area contributed by atoms with Crippen LogP contribution >= 0.6 is 0 Å². The highest BCUT2D eigenvalue weighted by atomic mass is 16.1. The molecule has 0 radical (unpaired) electrons. The number of hydrogen-bond donors (Lipinski definition) is 1. The van der Waals surface area contributed by atoms with Gasteiger partial charge in [-0.15, -0.1) is 0 Å². The summed E-state index contributed by atoms with van der Waals surface area (Å²) in [6.45, 7) is 4.12. The van der Waals surface area contributed by atoms with Gasteiger partial charge in [0.25, 0.3) is 0 Å². The van der Waals surface area contributed by atoms with Crippen LogP contribution in [0.3, 0.4) is 0 Å². The fourth-order valence-electron chi connectivity index (χ4n) is 2.90. The van der Waals surface area contributed by atoms with Crippen molar-refractivity contribution in [2.45, 2.75) is 46.0 Å². The van der Waals surface area contributed by atoms with E-state index >= 15 is 0 Å². The molecule has 3 nitrogen and oxygen atoms in total. The molecular weight excluding hydrogens is 248 g/mol. The van der Waals surface area contributed by atoms with E-state index in [1.165, 1.54) is 6.42 Å². The van der Waals surface area contributed by atoms with Crippen molar-refractivity contribution in [3.05, 3.63) is 29.3 Å². The van der Waals surface area contributed by atoms with Gasteiger partial charge in [0, 0.05) is 11.6 Å². The van der Waals surface area contributed by atoms with E-state index in [9.17, 15) is 4.79 Å². The monoisotopic (exact) mass is 270 g/mol. The van der Waals surface area contributed by atoms with Gasteiger partial charge in [-0.2, -0.15) is 5.26 Å². The molecule has 0 atom stereocenters. The largest absolute Gasteiger partial charge is 0.326 e. The van der Waals surface area contributed by atoms with Crippen molar-refractivity contribution in [3.63, 3.8) is 0 Å². The third-order valence-electron chi connectivity index (χ3n) is 4.42. The van der Waals surface area contributed by atoms with Gasteiger partial charge in [-0.05, 0) is 56.2 Å². The maximum atomic E-state index is 12.3. The summed E-state index contributed by atoms with van der Waals surface area (Å²) in [6.07, 6.45) is 5.51. The second kappa shape index (κ2) is 6.56. The van der Waals surface area contributed by atoms with Gasteiger partial charge in [0.05, 0.1) is 11.6 Å². The van der Waals surface area contributed by atoms with Crippen molar-refractivity contribution in [2.24, 2.45) is 11.8 Å². The van der Waals surface area contributed by atoms with E-state index in [0.717, 1.165) is 42.9 Å². The fourth-order valence-corrected chi connectivity index (χ4v) is 2.90. The molecule has 1 saturated carbocycles. The molecule has 106 valence electrons. The van der Waals surface area contributed by atoms with Crippen LogP contribution < -0.4 is 5.32 Å². The predicted octanol–water partition coefficient (Wildman–Crippen LogP) is 4.02. The smallest absolute Gasteiger partial charge is 0.227 e. The van der Waals surface area contributed by atoms with Crippen molar-refractivity contribution in [1.82, 2.24) is 0 Å². The lowest BCUT2D eigenvalue weighted by Gasteiger charge is -2.26. The molecule has 20 heavy (non-hydrogen) atoms. The highest BCUT2D eigenvalue weighted by Crippen LogP contribution is 2.31. The van der Waals surface area contributed by atoms with Crippen LogP contribution in [0, 0.1) is 30.1 Å². The first-order chi connectivity index (χ1) is 9.63. The normalized spacial score (nSPS) is 22.1. The van der Waals surface area contributed by atoms with E-state index < -0.39 is 0 Å². The average molecular weight is 270 g/mol. The van der Waals surface area contributed by atoms with Gasteiger partial charge in [0.15, 0.2) is 0 Å². The number of amides is 1. The van der Waals surface area contributed by atoms with E-state index in [-0.39, 0.29) is 11.8 Å². The molecule has 2 rings (SSSR count). The van der Waals surface area contributed by atoms with Gasteiger partial charge in [-0.1, -0.05) is 19.4 Å². The Bertz CT molecular complexity index is 522. The first kappa shape index (κ1) is 14.6. The van der Waals surface area contributed by atoms with E-state index in [0.29, 0.717) is 5.56 Å². The Morgan fingerprint density at radius 1 is 1.35 bits per heavy atom. The number of benzene rings is 1. The molecule has 1 aliphatic rings. The Morgan fingerprint density at radius 3 is 2.65 bits per heavy atom. The minimum atomic E-state index is 0.104. The van der Waals surface area contributed by atoms with Crippen LogP contribution in [-0.2, 0) is 4.79 Å². The number of nitrogens with zero attached hydrogens (tertiary/aromatic N) is 1. The van der Waals surface area contributed by atoms with Crippen LogP contribution in [0.4, 0.5) is 5.69 Å². The number of nitriles is 1. The molecule has 0 saturated heterocycles. The molecule has 3 heteroatoms. The minimum Gasteiger partial charge on any atom is -0.326 e. The summed E-state index contributed by atoms with van der Waals surface area (Å²) in [7, 11) is 0. The summed E-state index contributed by atoms with van der Waals surface area (Å²) in [6, 6.07) is 7.65. The average Bonchev–Trinajstić information content (AvgIpc) is 2.49. The SMILES string of the molecule is CCC1CCC(C(=O)Nc2ccc(C)c(C#N)c2)CC1. The van der Waals surface area contributed by atoms with Gasteiger partial charge in [0.2, 0.25) is 5.91 Å². The van der Waals surface area contributed by atoms with Crippen LogP contribution in [0.15, 0.2) is 18.2 Å². The second-order valence-corrected chi connectivity index (χ2v) is 5.76. The third-order valence-corrected chi connectivity index (χ3v) is 4.42. The van der Waals surface area contributed by atoms with Crippen LogP contribution in [0.2, 0.25) is 0 Å². The molecule has 1 aromatic rings. The Morgan fingerprint density at radius 2 is 2.05 bits per heavy atom. The topological polar surface area (TPSA) is 52.9 Å². The number of hydrogen-bond acceptors (Lipinski definition) is 2. The standard InChI is InChI=1S/C17H22N2O/c1-3-13-5-7-14(8-6-13)17(20)19-16-9-4-12(2)15(10-16)11-18/h4,9-10,13-14H,3,5-8H2,1-2H3,(H,19,20). The maximum Gasteiger partial charge on any atom is 0.227 e. The summed E-state index contributed by atoms with van der Waals surface area (Å²) in [5.74, 6) is 1.03. The van der Waals surface area contributed by atoms with Crippen molar-refractivity contribution in [3.8, 4) is 6.07 Å². The highest BCUT2D eigenvalue weighted by Gasteiger charge is 2.25. The molecule has 0 bridgehead atoms. The van der Waals surface area contributed by atoms with Gasteiger partial charge >= 0.3 is 0 Å². The van der Waals surface area contributed by atoms with E-state index in [1.807, 2.05) is 19.1 Å². The van der Waals surface area contributed by atoms with Gasteiger partial charge in [0.1, 0.15) is 0 Å². The van der Waals surface area contributed by atoms with Crippen molar-refractivity contribution in [1.29, 1.82) is 5.26 Å². The fraction of sp³-hybridized carbons (Fsp3) is 0.529. The Labute approximate surface area is 121 Å². The van der Waals surface area contributed by atoms with Gasteiger partial charge in [-0.25, -0.2) is 0 Å². The Balaban J connectivity index is 1.97. The predicted molar refractivity (Wildman–Crippen MR) is 80.3 cm³/mol. The molecule has 0 heterocycles. The Hall–Kier alpha value is -1.82. The summed E-state index contributed by atoms with van der Waals surface area (Å²) in [5, 5.41) is 12.0. The summed E-state index contributed by atoms with van der Waals surface area (Å²) >= 11 is 0. The van der Waals surface area contributed by atoms with Crippen LogP contribution in [0.1, 0.15) is 50.2 Å². The first-order valence-electron chi connectivity index (χ1n) is 7.45. The molecule has 1 fully saturated rings. The number of carbonyl (C=O) groups excluding carboxylic acids is 1. The zero-order chi connectivity index (χ0) is 14.5. The van der Waals surface area contributed by atoms with Crippen LogP contribution in [0.25, 0.3) is 0 Å². The molecule has 0 aliphatic heterocycles. The molecule has 0 spiro atoms. The van der Waals surface area contributed by atoms with Gasteiger partial charge < -0.3 is 5.32 Å². The zero-order valence-corrected chi connectivity index (χ0v) is 12.3. The zero-order valence-electron chi connectivity index (χ0n) is 12.3. The number of aryl methyl sites for hydroxylation is 1. The van der Waals surface area contributed by atoms with Crippen LogP contribution in [-0.4, -0.2) is 5.91 Å². The molecule has 0 unspecified atom stereocenters. The molecule has 1 aromatic carbocycles. The number of rotatable bonds is 3. The summed E-state index contributed by atoms with van der Waals surface area (Å²) < 4.78 is 0. The molecule has 1 N–H and O–H groups in total. The van der Waals surface area contributed by atoms with Crippen molar-refractivity contribution < 1.29 is 4.79 Å². The highest BCUT2D eigenvalue weighted by molar-refractivity contribution is 5.92. The van der Waals surface area contributed by atoms with Crippen LogP contribution in [0.5, 0.6) is 0 Å². The molecular formula is C17H22N2O. The quantitative estimate of drug-likeness (QED) is 0.901. The molecule has 1 amide bonds. The second-order valence-electron chi connectivity index (χ2n) is 5.76. The van der Waals surface area contributed by atoms with E-state index in [1.54, 1.807) is 6.07 Å². The van der Waals surface area contributed by atoms with Gasteiger partial charge in [-0.3, -0.25) is 4.79 Å². The molecule has 0 aromatic heterocycles. The molecule has 1 aliphatic carbocycles. The number of anilines is 1. The van der Waals surface area contributed by atoms with Crippen molar-refractivity contribution in [2.75, 3.05) is 5.32 Å². The lowest BCUT2D eigenvalue weighted by Crippen LogP contribution is -2.27. The lowest BCUT2D eigenvalue weighted by atomic mass is 9.80. The maximum absolute atomic E-state index is 12.3. The van der Waals surface area contributed by atoms with Crippen molar-refractivity contribution >= 4 is 11.6 Å². The third kappa shape index (κ3) is 3.39. The number of carbonyl (C=O) groups is 1. The number of nitrogens with one attached hydrogen (secondary N) is 1. The Kier molecular flexibility index (Phi) is 4.79. The summed E-state index contributed by atoms with van der Waals surface area (Å²) in [5.41, 5.74) is 2.29. The van der Waals surface area contributed by atoms with E-state index in [2.05, 4.69) is 18.3 Å². The lowest BCUT2D eigenvalue weighted by molar-refractivity contribution is -0.121. The summed E-state index contributed by atoms with van der Waals surface area (Å²) in [4.78, 5) is 12.3.